The second kappa shape index (κ2) is 6.26. The van der Waals surface area contributed by atoms with Gasteiger partial charge in [0.25, 0.3) is 0 Å². The number of nitrogens with zero attached hydrogens (tertiary/aromatic N) is 2. The van der Waals surface area contributed by atoms with Crippen molar-refractivity contribution in [1.29, 1.82) is 0 Å². The zero-order chi connectivity index (χ0) is 14.9. The van der Waals surface area contributed by atoms with Crippen LogP contribution in [0, 0.1) is 0 Å². The van der Waals surface area contributed by atoms with Crippen LogP contribution in [0.25, 0.3) is 21.5 Å². The van der Waals surface area contributed by atoms with E-state index in [2.05, 4.69) is 9.97 Å². The SMILES string of the molecule is Br.O=C(c1cncc2ccccc12)c1cncc2ccccc12. The Morgan fingerprint density at radius 1 is 0.652 bits per heavy atom. The Morgan fingerprint density at radius 3 is 1.57 bits per heavy atom. The number of hydrogen-bond acceptors (Lipinski definition) is 3. The maximum atomic E-state index is 13.0. The minimum atomic E-state index is -0.0476. The van der Waals surface area contributed by atoms with Crippen molar-refractivity contribution in [3.8, 4) is 0 Å². The third-order valence-electron chi connectivity index (χ3n) is 3.83. The topological polar surface area (TPSA) is 42.9 Å². The summed E-state index contributed by atoms with van der Waals surface area (Å²) in [5.74, 6) is -0.0476. The Balaban J connectivity index is 0.00000156. The summed E-state index contributed by atoms with van der Waals surface area (Å²) in [6.45, 7) is 0. The number of halogens is 1. The van der Waals surface area contributed by atoms with E-state index in [0.717, 1.165) is 21.5 Å². The van der Waals surface area contributed by atoms with Crippen LogP contribution >= 0.6 is 17.0 Å². The maximum Gasteiger partial charge on any atom is 0.197 e. The molecule has 2 heterocycles. The fourth-order valence-corrected chi connectivity index (χ4v) is 2.74. The molecule has 0 amide bonds. The van der Waals surface area contributed by atoms with E-state index in [1.54, 1.807) is 24.8 Å². The number of ketones is 1. The first kappa shape index (κ1) is 15.3. The summed E-state index contributed by atoms with van der Waals surface area (Å²) in [7, 11) is 0. The highest BCUT2D eigenvalue weighted by Gasteiger charge is 2.15. The summed E-state index contributed by atoms with van der Waals surface area (Å²) in [4.78, 5) is 21.4. The molecule has 0 saturated heterocycles. The Morgan fingerprint density at radius 2 is 1.09 bits per heavy atom. The van der Waals surface area contributed by atoms with Crippen LogP contribution in [0.5, 0.6) is 0 Å². The van der Waals surface area contributed by atoms with Crippen molar-refractivity contribution in [1.82, 2.24) is 9.97 Å². The molecule has 0 aliphatic carbocycles. The molecule has 0 N–H and O–H groups in total. The number of rotatable bonds is 2. The first-order chi connectivity index (χ1) is 10.8. The van der Waals surface area contributed by atoms with E-state index in [0.29, 0.717) is 11.1 Å². The second-order valence-electron chi connectivity index (χ2n) is 5.15. The van der Waals surface area contributed by atoms with Gasteiger partial charge in [0.05, 0.1) is 0 Å². The summed E-state index contributed by atoms with van der Waals surface area (Å²) in [6, 6.07) is 15.6. The number of carbonyl (C=O) groups is 1. The first-order valence-electron chi connectivity index (χ1n) is 7.05. The van der Waals surface area contributed by atoms with Gasteiger partial charge >= 0.3 is 0 Å². The number of hydrogen-bond donors (Lipinski definition) is 0. The van der Waals surface area contributed by atoms with Gasteiger partial charge in [0.2, 0.25) is 0 Å². The lowest BCUT2D eigenvalue weighted by Gasteiger charge is -2.07. The minimum Gasteiger partial charge on any atom is -0.288 e. The normalized spacial score (nSPS) is 10.4. The molecule has 4 heteroatoms. The molecule has 0 fully saturated rings. The average molecular weight is 365 g/mol. The highest BCUT2D eigenvalue weighted by Crippen LogP contribution is 2.24. The zero-order valence-corrected chi connectivity index (χ0v) is 13.9. The molecule has 0 aliphatic heterocycles. The van der Waals surface area contributed by atoms with Crippen LogP contribution in [0.4, 0.5) is 0 Å². The van der Waals surface area contributed by atoms with Gasteiger partial charge in [-0.2, -0.15) is 0 Å². The van der Waals surface area contributed by atoms with Gasteiger partial charge in [0, 0.05) is 46.7 Å². The van der Waals surface area contributed by atoms with Crippen LogP contribution < -0.4 is 0 Å². The van der Waals surface area contributed by atoms with E-state index in [9.17, 15) is 4.79 Å². The van der Waals surface area contributed by atoms with Crippen LogP contribution in [0.3, 0.4) is 0 Å². The van der Waals surface area contributed by atoms with Crippen LogP contribution in [0.1, 0.15) is 15.9 Å². The van der Waals surface area contributed by atoms with Gasteiger partial charge in [-0.05, 0) is 10.8 Å². The highest BCUT2D eigenvalue weighted by molar-refractivity contribution is 8.93. The molecular formula is C19H13BrN2O. The molecule has 0 bridgehead atoms. The van der Waals surface area contributed by atoms with Gasteiger partial charge in [0.15, 0.2) is 5.78 Å². The molecule has 0 spiro atoms. The molecule has 4 rings (SSSR count). The van der Waals surface area contributed by atoms with Gasteiger partial charge in [-0.3, -0.25) is 14.8 Å². The van der Waals surface area contributed by atoms with Crippen molar-refractivity contribution in [2.24, 2.45) is 0 Å². The number of benzene rings is 2. The molecule has 112 valence electrons. The molecule has 2 aromatic carbocycles. The van der Waals surface area contributed by atoms with Gasteiger partial charge in [0.1, 0.15) is 0 Å². The lowest BCUT2D eigenvalue weighted by Crippen LogP contribution is -2.04. The molecule has 4 aromatic rings. The van der Waals surface area contributed by atoms with E-state index in [4.69, 9.17) is 0 Å². The molecule has 0 saturated carbocycles. The lowest BCUT2D eigenvalue weighted by atomic mass is 9.97. The van der Waals surface area contributed by atoms with Crippen molar-refractivity contribution in [2.75, 3.05) is 0 Å². The molecule has 3 nitrogen and oxygen atoms in total. The zero-order valence-electron chi connectivity index (χ0n) is 12.1. The fraction of sp³-hybridized carbons (Fsp3) is 0. The van der Waals surface area contributed by atoms with E-state index >= 15 is 0 Å². The van der Waals surface area contributed by atoms with Crippen molar-refractivity contribution < 1.29 is 4.79 Å². The van der Waals surface area contributed by atoms with Crippen LogP contribution in [-0.4, -0.2) is 15.8 Å². The number of aromatic nitrogens is 2. The first-order valence-corrected chi connectivity index (χ1v) is 7.05. The largest absolute Gasteiger partial charge is 0.288 e. The third kappa shape index (κ3) is 2.62. The average Bonchev–Trinajstić information content (AvgIpc) is 2.60. The highest BCUT2D eigenvalue weighted by atomic mass is 79.9. The molecule has 0 radical (unpaired) electrons. The van der Waals surface area contributed by atoms with E-state index in [1.165, 1.54) is 0 Å². The minimum absolute atomic E-state index is 0. The van der Waals surface area contributed by atoms with Crippen molar-refractivity contribution in [3.05, 3.63) is 84.4 Å². The van der Waals surface area contributed by atoms with Crippen molar-refractivity contribution in [2.45, 2.75) is 0 Å². The van der Waals surface area contributed by atoms with Gasteiger partial charge in [-0.15, -0.1) is 17.0 Å². The van der Waals surface area contributed by atoms with Crippen molar-refractivity contribution in [3.63, 3.8) is 0 Å². The van der Waals surface area contributed by atoms with E-state index in [-0.39, 0.29) is 22.8 Å². The quantitative estimate of drug-likeness (QED) is 0.488. The Bertz CT molecular complexity index is 922. The number of pyridine rings is 2. The standard InChI is InChI=1S/C19H12N2O.BrH/c22-19(17-11-20-9-13-5-1-3-7-15(13)17)18-12-21-10-14-6-2-4-8-16(14)18;/h1-12H;1H. The monoisotopic (exact) mass is 364 g/mol. The summed E-state index contributed by atoms with van der Waals surface area (Å²) < 4.78 is 0. The van der Waals surface area contributed by atoms with Gasteiger partial charge in [-0.1, -0.05) is 48.5 Å². The fourth-order valence-electron chi connectivity index (χ4n) is 2.74. The summed E-state index contributed by atoms with van der Waals surface area (Å²) in [6.07, 6.45) is 6.81. The second-order valence-corrected chi connectivity index (χ2v) is 5.15. The summed E-state index contributed by atoms with van der Waals surface area (Å²) >= 11 is 0. The molecule has 0 atom stereocenters. The molecule has 0 unspecified atom stereocenters. The van der Waals surface area contributed by atoms with Crippen LogP contribution in [-0.2, 0) is 0 Å². The van der Waals surface area contributed by atoms with Gasteiger partial charge in [-0.25, -0.2) is 0 Å². The predicted octanol–water partition coefficient (Wildman–Crippen LogP) is 4.59. The smallest absolute Gasteiger partial charge is 0.197 e. The predicted molar refractivity (Wildman–Crippen MR) is 97.2 cm³/mol. The lowest BCUT2D eigenvalue weighted by molar-refractivity contribution is 0.104. The van der Waals surface area contributed by atoms with Gasteiger partial charge < -0.3 is 0 Å². The molecular weight excluding hydrogens is 352 g/mol. The maximum absolute atomic E-state index is 13.0. The Hall–Kier alpha value is -2.59. The van der Waals surface area contributed by atoms with Crippen LogP contribution in [0.2, 0.25) is 0 Å². The Labute approximate surface area is 143 Å². The summed E-state index contributed by atoms with van der Waals surface area (Å²) in [5, 5.41) is 3.74. The number of carbonyl (C=O) groups excluding carboxylic acids is 1. The van der Waals surface area contributed by atoms with Crippen LogP contribution in [0.15, 0.2) is 73.3 Å². The Kier molecular flexibility index (Phi) is 4.17. The summed E-state index contributed by atoms with van der Waals surface area (Å²) in [5.41, 5.74) is 1.22. The molecule has 23 heavy (non-hydrogen) atoms. The number of fused-ring (bicyclic) bond motifs is 2. The van der Waals surface area contributed by atoms with Crippen molar-refractivity contribution >= 4 is 44.3 Å². The molecule has 0 aliphatic rings. The third-order valence-corrected chi connectivity index (χ3v) is 3.83. The molecule has 2 aromatic heterocycles. The van der Waals surface area contributed by atoms with E-state index < -0.39 is 0 Å². The van der Waals surface area contributed by atoms with E-state index in [1.807, 2.05) is 48.5 Å².